The molecule has 116 valence electrons. The maximum absolute atomic E-state index is 11.8. The number of ether oxygens (including phenoxy) is 2. The van der Waals surface area contributed by atoms with Crippen LogP contribution in [0.5, 0.6) is 0 Å². The molecule has 1 aliphatic heterocycles. The maximum atomic E-state index is 11.8. The van der Waals surface area contributed by atoms with Crippen molar-refractivity contribution in [2.24, 2.45) is 0 Å². The molecule has 0 unspecified atom stereocenters. The van der Waals surface area contributed by atoms with Gasteiger partial charge in [0.05, 0.1) is 19.0 Å². The van der Waals surface area contributed by atoms with E-state index in [1.165, 1.54) is 12.3 Å². The Morgan fingerprint density at radius 2 is 2.05 bits per heavy atom. The molecular weight excluding hydrogens is 256 g/mol. The largest absolute Gasteiger partial charge is 0.501 e. The van der Waals surface area contributed by atoms with Gasteiger partial charge < -0.3 is 19.3 Å². The van der Waals surface area contributed by atoms with Gasteiger partial charge in [0.25, 0.3) is 0 Å². The quantitative estimate of drug-likeness (QED) is 0.385. The average molecular weight is 284 g/mol. The number of hydrogen-bond donors (Lipinski definition) is 0. The number of carbonyl (C=O) groups excluding carboxylic acids is 1. The van der Waals surface area contributed by atoms with Crippen LogP contribution in [-0.4, -0.2) is 68.8 Å². The highest BCUT2D eigenvalue weighted by Gasteiger charge is 2.21. The molecule has 0 radical (unpaired) electrons. The molecule has 0 aromatic heterocycles. The molecule has 20 heavy (non-hydrogen) atoms. The number of carbonyl (C=O) groups is 1. The lowest BCUT2D eigenvalue weighted by atomic mass is 10.1. The van der Waals surface area contributed by atoms with E-state index >= 15 is 0 Å². The van der Waals surface area contributed by atoms with Crippen molar-refractivity contribution in [1.82, 2.24) is 9.80 Å². The molecule has 0 atom stereocenters. The molecule has 1 saturated heterocycles. The summed E-state index contributed by atoms with van der Waals surface area (Å²) in [6, 6.07) is 0. The van der Waals surface area contributed by atoms with Gasteiger partial charge in [-0.3, -0.25) is 4.79 Å². The second kappa shape index (κ2) is 9.77. The summed E-state index contributed by atoms with van der Waals surface area (Å²) >= 11 is 0. The van der Waals surface area contributed by atoms with Gasteiger partial charge in [-0.1, -0.05) is 0 Å². The van der Waals surface area contributed by atoms with Crippen LogP contribution in [0, 0.1) is 0 Å². The van der Waals surface area contributed by atoms with Gasteiger partial charge in [0.15, 0.2) is 0 Å². The van der Waals surface area contributed by atoms with E-state index in [1.807, 2.05) is 11.8 Å². The van der Waals surface area contributed by atoms with E-state index in [0.29, 0.717) is 12.7 Å². The molecule has 0 aromatic carbocycles. The van der Waals surface area contributed by atoms with Gasteiger partial charge >= 0.3 is 0 Å². The van der Waals surface area contributed by atoms with E-state index in [-0.39, 0.29) is 5.91 Å². The summed E-state index contributed by atoms with van der Waals surface area (Å²) in [6.07, 6.45) is 6.20. The van der Waals surface area contributed by atoms with Crippen LogP contribution in [0.15, 0.2) is 12.3 Å². The van der Waals surface area contributed by atoms with Gasteiger partial charge in [0, 0.05) is 25.8 Å². The van der Waals surface area contributed by atoms with Crippen molar-refractivity contribution in [2.45, 2.75) is 32.3 Å². The zero-order valence-electron chi connectivity index (χ0n) is 13.0. The zero-order chi connectivity index (χ0) is 14.8. The molecular formula is C15H28N2O3. The van der Waals surface area contributed by atoms with E-state index in [4.69, 9.17) is 9.47 Å². The molecule has 1 rings (SSSR count). The Morgan fingerprint density at radius 3 is 2.65 bits per heavy atom. The van der Waals surface area contributed by atoms with Crippen LogP contribution in [-0.2, 0) is 14.3 Å². The highest BCUT2D eigenvalue weighted by atomic mass is 16.5. The number of piperidine rings is 1. The summed E-state index contributed by atoms with van der Waals surface area (Å²) in [5.41, 5.74) is 0. The molecule has 0 spiro atoms. The molecule has 1 heterocycles. The van der Waals surface area contributed by atoms with Gasteiger partial charge in [-0.15, -0.1) is 0 Å². The normalized spacial score (nSPS) is 17.1. The smallest absolute Gasteiger partial charge is 0.249 e. The van der Waals surface area contributed by atoms with Gasteiger partial charge in [-0.2, -0.15) is 0 Å². The number of nitrogens with zero attached hydrogens (tertiary/aromatic N) is 2. The molecule has 0 aromatic rings. The van der Waals surface area contributed by atoms with Gasteiger partial charge in [-0.25, -0.2) is 0 Å². The Bertz CT molecular complexity index is 297. The fraction of sp³-hybridized carbons (Fsp3) is 0.800. The first kappa shape index (κ1) is 17.0. The second-order valence-electron chi connectivity index (χ2n) is 5.31. The van der Waals surface area contributed by atoms with Gasteiger partial charge in [0.2, 0.25) is 5.91 Å². The average Bonchev–Trinajstić information content (AvgIpc) is 2.44. The monoisotopic (exact) mass is 284 g/mol. The van der Waals surface area contributed by atoms with Crippen LogP contribution in [0.1, 0.15) is 26.2 Å². The van der Waals surface area contributed by atoms with Crippen molar-refractivity contribution >= 4 is 5.91 Å². The summed E-state index contributed by atoms with van der Waals surface area (Å²) in [5, 5.41) is 0. The summed E-state index contributed by atoms with van der Waals surface area (Å²) in [4.78, 5) is 15.8. The number of amides is 1. The zero-order valence-corrected chi connectivity index (χ0v) is 13.0. The first-order chi connectivity index (χ1) is 9.63. The third-order valence-electron chi connectivity index (χ3n) is 3.33. The van der Waals surface area contributed by atoms with Crippen LogP contribution >= 0.6 is 0 Å². The van der Waals surface area contributed by atoms with E-state index in [2.05, 4.69) is 19.0 Å². The van der Waals surface area contributed by atoms with E-state index in [1.54, 1.807) is 0 Å². The minimum atomic E-state index is 0.0320. The molecule has 0 N–H and O–H groups in total. The lowest BCUT2D eigenvalue weighted by molar-refractivity contribution is -0.128. The molecule has 1 aliphatic rings. The predicted octanol–water partition coefficient (Wildman–Crippen LogP) is 1.50. The Hall–Kier alpha value is -1.07. The SMILES string of the molecule is CCOC=CC(=O)N1CCC(OCCCN(C)C)CC1. The first-order valence-electron chi connectivity index (χ1n) is 7.47. The molecule has 0 aliphatic carbocycles. The second-order valence-corrected chi connectivity index (χ2v) is 5.31. The van der Waals surface area contributed by atoms with Crippen molar-refractivity contribution in [3.05, 3.63) is 12.3 Å². The van der Waals surface area contributed by atoms with Crippen LogP contribution in [0.3, 0.4) is 0 Å². The van der Waals surface area contributed by atoms with E-state index in [0.717, 1.165) is 45.5 Å². The van der Waals surface area contributed by atoms with E-state index in [9.17, 15) is 4.79 Å². The molecule has 1 amide bonds. The standard InChI is InChI=1S/C15H28N2O3/c1-4-19-13-8-15(18)17-10-6-14(7-11-17)20-12-5-9-16(2)3/h8,13-14H,4-7,9-12H2,1-3H3. The van der Waals surface area contributed by atoms with Crippen LogP contribution < -0.4 is 0 Å². The molecule has 0 bridgehead atoms. The third kappa shape index (κ3) is 6.91. The Labute approximate surface area is 122 Å². The molecule has 5 nitrogen and oxygen atoms in total. The Balaban J connectivity index is 2.14. The topological polar surface area (TPSA) is 42.0 Å². The first-order valence-corrected chi connectivity index (χ1v) is 7.47. The highest BCUT2D eigenvalue weighted by Crippen LogP contribution is 2.14. The van der Waals surface area contributed by atoms with Crippen molar-refractivity contribution in [3.8, 4) is 0 Å². The molecule has 1 fully saturated rings. The lowest BCUT2D eigenvalue weighted by Gasteiger charge is -2.31. The number of hydrogen-bond acceptors (Lipinski definition) is 4. The summed E-state index contributed by atoms with van der Waals surface area (Å²) in [5.74, 6) is 0.0320. The van der Waals surface area contributed by atoms with Crippen molar-refractivity contribution in [1.29, 1.82) is 0 Å². The van der Waals surface area contributed by atoms with Crippen molar-refractivity contribution < 1.29 is 14.3 Å². The third-order valence-corrected chi connectivity index (χ3v) is 3.33. The van der Waals surface area contributed by atoms with Gasteiger partial charge in [0.1, 0.15) is 0 Å². The Morgan fingerprint density at radius 1 is 1.35 bits per heavy atom. The molecule has 5 heteroatoms. The summed E-state index contributed by atoms with van der Waals surface area (Å²) in [6.45, 7) is 5.89. The number of rotatable bonds is 8. The van der Waals surface area contributed by atoms with Gasteiger partial charge in [-0.05, 0) is 46.8 Å². The van der Waals surface area contributed by atoms with Crippen LogP contribution in [0.2, 0.25) is 0 Å². The van der Waals surface area contributed by atoms with Crippen molar-refractivity contribution in [3.63, 3.8) is 0 Å². The molecule has 0 saturated carbocycles. The van der Waals surface area contributed by atoms with Crippen LogP contribution in [0.25, 0.3) is 0 Å². The fourth-order valence-corrected chi connectivity index (χ4v) is 2.18. The van der Waals surface area contributed by atoms with Crippen molar-refractivity contribution in [2.75, 3.05) is 46.9 Å². The highest BCUT2D eigenvalue weighted by molar-refractivity contribution is 5.87. The maximum Gasteiger partial charge on any atom is 0.249 e. The number of likely N-dealkylation sites (tertiary alicyclic amines) is 1. The van der Waals surface area contributed by atoms with Crippen LogP contribution in [0.4, 0.5) is 0 Å². The summed E-state index contributed by atoms with van der Waals surface area (Å²) in [7, 11) is 4.14. The lowest BCUT2D eigenvalue weighted by Crippen LogP contribution is -2.40. The fourth-order valence-electron chi connectivity index (χ4n) is 2.18. The minimum Gasteiger partial charge on any atom is -0.501 e. The predicted molar refractivity (Wildman–Crippen MR) is 79.5 cm³/mol. The minimum absolute atomic E-state index is 0.0320. The summed E-state index contributed by atoms with van der Waals surface area (Å²) < 4.78 is 10.9. The Kier molecular flexibility index (Phi) is 8.30. The van der Waals surface area contributed by atoms with E-state index < -0.39 is 0 Å².